The normalized spacial score (nSPS) is 26.4. The van der Waals surface area contributed by atoms with Crippen LogP contribution in [0.2, 0.25) is 0 Å². The van der Waals surface area contributed by atoms with Gasteiger partial charge in [0.15, 0.2) is 0 Å². The SMILES string of the molecule is CC1(NCCCC(CCN)C(C)(C)C)CCCOC1. The van der Waals surface area contributed by atoms with Crippen LogP contribution in [0, 0.1) is 11.3 Å². The van der Waals surface area contributed by atoms with E-state index in [1.165, 1.54) is 25.7 Å². The summed E-state index contributed by atoms with van der Waals surface area (Å²) < 4.78 is 5.58. The van der Waals surface area contributed by atoms with Crippen molar-refractivity contribution in [3.63, 3.8) is 0 Å². The second-order valence-electron chi connectivity index (χ2n) is 7.43. The van der Waals surface area contributed by atoms with Crippen LogP contribution in [0.15, 0.2) is 0 Å². The van der Waals surface area contributed by atoms with Crippen LogP contribution in [0.5, 0.6) is 0 Å². The van der Waals surface area contributed by atoms with Crippen molar-refractivity contribution in [1.29, 1.82) is 0 Å². The molecule has 0 aliphatic carbocycles. The minimum absolute atomic E-state index is 0.198. The Labute approximate surface area is 119 Å². The molecule has 1 fully saturated rings. The fraction of sp³-hybridized carbons (Fsp3) is 1.00. The van der Waals surface area contributed by atoms with Crippen LogP contribution in [0.25, 0.3) is 0 Å². The lowest BCUT2D eigenvalue weighted by molar-refractivity contribution is 0.0282. The molecule has 1 rings (SSSR count). The zero-order valence-electron chi connectivity index (χ0n) is 13.4. The molecule has 2 unspecified atom stereocenters. The molecular weight excluding hydrogens is 236 g/mol. The van der Waals surface area contributed by atoms with E-state index in [2.05, 4.69) is 33.0 Å². The molecule has 1 aliphatic heterocycles. The van der Waals surface area contributed by atoms with Gasteiger partial charge < -0.3 is 15.8 Å². The number of nitrogens with one attached hydrogen (secondary N) is 1. The van der Waals surface area contributed by atoms with Crippen LogP contribution in [0.4, 0.5) is 0 Å². The second kappa shape index (κ2) is 7.61. The van der Waals surface area contributed by atoms with E-state index in [9.17, 15) is 0 Å². The second-order valence-corrected chi connectivity index (χ2v) is 7.43. The molecule has 0 bridgehead atoms. The Morgan fingerprint density at radius 2 is 2.05 bits per heavy atom. The monoisotopic (exact) mass is 270 g/mol. The minimum atomic E-state index is 0.198. The molecule has 0 aromatic heterocycles. The third-order valence-corrected chi connectivity index (χ3v) is 4.46. The van der Waals surface area contributed by atoms with Crippen molar-refractivity contribution in [1.82, 2.24) is 5.32 Å². The average molecular weight is 270 g/mol. The van der Waals surface area contributed by atoms with E-state index in [0.29, 0.717) is 5.41 Å². The van der Waals surface area contributed by atoms with Crippen LogP contribution < -0.4 is 11.1 Å². The molecule has 3 heteroatoms. The Morgan fingerprint density at radius 1 is 1.32 bits per heavy atom. The van der Waals surface area contributed by atoms with Crippen molar-refractivity contribution in [2.75, 3.05) is 26.3 Å². The van der Waals surface area contributed by atoms with Crippen LogP contribution in [-0.2, 0) is 4.74 Å². The fourth-order valence-corrected chi connectivity index (χ4v) is 3.02. The Hall–Kier alpha value is -0.120. The summed E-state index contributed by atoms with van der Waals surface area (Å²) in [6, 6.07) is 0. The first-order valence-electron chi connectivity index (χ1n) is 7.90. The van der Waals surface area contributed by atoms with Gasteiger partial charge in [-0.1, -0.05) is 20.8 Å². The van der Waals surface area contributed by atoms with Gasteiger partial charge in [0.1, 0.15) is 0 Å². The van der Waals surface area contributed by atoms with E-state index in [-0.39, 0.29) is 5.54 Å². The van der Waals surface area contributed by atoms with Crippen molar-refractivity contribution >= 4 is 0 Å². The molecule has 0 amide bonds. The maximum Gasteiger partial charge on any atom is 0.0645 e. The van der Waals surface area contributed by atoms with Gasteiger partial charge in [0.2, 0.25) is 0 Å². The van der Waals surface area contributed by atoms with Crippen LogP contribution >= 0.6 is 0 Å². The smallest absolute Gasteiger partial charge is 0.0645 e. The molecule has 0 aromatic carbocycles. The Kier molecular flexibility index (Phi) is 6.78. The molecule has 0 radical (unpaired) electrons. The highest BCUT2D eigenvalue weighted by molar-refractivity contribution is 4.85. The molecule has 19 heavy (non-hydrogen) atoms. The molecule has 1 aliphatic rings. The van der Waals surface area contributed by atoms with E-state index in [4.69, 9.17) is 10.5 Å². The maximum atomic E-state index is 5.74. The highest BCUT2D eigenvalue weighted by Crippen LogP contribution is 2.32. The maximum absolute atomic E-state index is 5.74. The van der Waals surface area contributed by atoms with Gasteiger partial charge in [0.05, 0.1) is 6.61 Å². The summed E-state index contributed by atoms with van der Waals surface area (Å²) in [6.07, 6.45) is 6.06. The zero-order valence-corrected chi connectivity index (χ0v) is 13.4. The van der Waals surface area contributed by atoms with Crippen molar-refractivity contribution in [3.05, 3.63) is 0 Å². The van der Waals surface area contributed by atoms with Crippen molar-refractivity contribution in [2.24, 2.45) is 17.1 Å². The quantitative estimate of drug-likeness (QED) is 0.699. The highest BCUT2D eigenvalue weighted by atomic mass is 16.5. The molecule has 3 N–H and O–H groups in total. The van der Waals surface area contributed by atoms with E-state index in [1.807, 2.05) is 0 Å². The van der Waals surface area contributed by atoms with Crippen molar-refractivity contribution in [2.45, 2.75) is 65.3 Å². The number of rotatable bonds is 7. The summed E-state index contributed by atoms with van der Waals surface area (Å²) in [4.78, 5) is 0. The first-order valence-corrected chi connectivity index (χ1v) is 7.90. The average Bonchev–Trinajstić information content (AvgIpc) is 2.32. The molecular formula is C16H34N2O. The lowest BCUT2D eigenvalue weighted by Gasteiger charge is -2.35. The number of ether oxygens (including phenoxy) is 1. The van der Waals surface area contributed by atoms with Crippen LogP contribution in [0.3, 0.4) is 0 Å². The zero-order chi connectivity index (χ0) is 14.4. The fourth-order valence-electron chi connectivity index (χ4n) is 3.02. The van der Waals surface area contributed by atoms with Gasteiger partial charge in [-0.05, 0) is 63.5 Å². The van der Waals surface area contributed by atoms with Crippen molar-refractivity contribution in [3.8, 4) is 0 Å². The summed E-state index contributed by atoms with van der Waals surface area (Å²) in [5.74, 6) is 0.731. The van der Waals surface area contributed by atoms with Gasteiger partial charge in [-0.25, -0.2) is 0 Å². The van der Waals surface area contributed by atoms with Gasteiger partial charge >= 0.3 is 0 Å². The third-order valence-electron chi connectivity index (χ3n) is 4.46. The predicted octanol–water partition coefficient (Wildman–Crippen LogP) is 2.94. The molecule has 1 heterocycles. The summed E-state index contributed by atoms with van der Waals surface area (Å²) in [5.41, 5.74) is 6.31. The molecule has 3 nitrogen and oxygen atoms in total. The molecule has 0 spiro atoms. The van der Waals surface area contributed by atoms with Gasteiger partial charge in [-0.3, -0.25) is 0 Å². The number of nitrogens with two attached hydrogens (primary N) is 1. The predicted molar refractivity (Wildman–Crippen MR) is 82.3 cm³/mol. The number of hydrogen-bond donors (Lipinski definition) is 2. The molecule has 2 atom stereocenters. The van der Waals surface area contributed by atoms with Crippen LogP contribution in [-0.4, -0.2) is 31.8 Å². The summed E-state index contributed by atoms with van der Waals surface area (Å²) >= 11 is 0. The van der Waals surface area contributed by atoms with E-state index in [0.717, 1.165) is 38.6 Å². The topological polar surface area (TPSA) is 47.3 Å². The van der Waals surface area contributed by atoms with Crippen molar-refractivity contribution < 1.29 is 4.74 Å². The molecule has 114 valence electrons. The van der Waals surface area contributed by atoms with Crippen LogP contribution in [0.1, 0.15) is 59.8 Å². The third kappa shape index (κ3) is 6.24. The van der Waals surface area contributed by atoms with Gasteiger partial charge in [-0.2, -0.15) is 0 Å². The van der Waals surface area contributed by atoms with Gasteiger partial charge in [0.25, 0.3) is 0 Å². The first kappa shape index (κ1) is 16.9. The summed E-state index contributed by atoms with van der Waals surface area (Å²) in [5, 5.41) is 3.69. The Balaban J connectivity index is 2.24. The van der Waals surface area contributed by atoms with Gasteiger partial charge in [0, 0.05) is 12.1 Å². The first-order chi connectivity index (χ1) is 8.87. The van der Waals surface area contributed by atoms with E-state index < -0.39 is 0 Å². The van der Waals surface area contributed by atoms with E-state index in [1.54, 1.807) is 0 Å². The standard InChI is InChI=1S/C16H34N2O/c1-15(2,3)14(8-10-17)7-5-11-18-16(4)9-6-12-19-13-16/h14,18H,5-13,17H2,1-4H3. The minimum Gasteiger partial charge on any atom is -0.380 e. The molecule has 0 aromatic rings. The Bertz CT molecular complexity index is 242. The van der Waals surface area contributed by atoms with Gasteiger partial charge in [-0.15, -0.1) is 0 Å². The molecule has 1 saturated heterocycles. The summed E-state index contributed by atoms with van der Waals surface area (Å²) in [7, 11) is 0. The largest absolute Gasteiger partial charge is 0.380 e. The summed E-state index contributed by atoms with van der Waals surface area (Å²) in [6.45, 7) is 13.0. The Morgan fingerprint density at radius 3 is 2.58 bits per heavy atom. The number of hydrogen-bond acceptors (Lipinski definition) is 3. The van der Waals surface area contributed by atoms with E-state index >= 15 is 0 Å². The lowest BCUT2D eigenvalue weighted by atomic mass is 9.76. The molecule has 0 saturated carbocycles. The highest BCUT2D eigenvalue weighted by Gasteiger charge is 2.27. The lowest BCUT2D eigenvalue weighted by Crippen LogP contribution is -2.49.